The second-order valence-corrected chi connectivity index (χ2v) is 5.99. The van der Waals surface area contributed by atoms with Crippen LogP contribution in [0.1, 0.15) is 11.1 Å². The number of fused-ring (bicyclic) bond motifs is 1. The number of rotatable bonds is 5. The van der Waals surface area contributed by atoms with Crippen molar-refractivity contribution in [2.45, 2.75) is 13.0 Å². The third-order valence-corrected chi connectivity index (χ3v) is 4.19. The fourth-order valence-corrected chi connectivity index (χ4v) is 2.82. The maximum Gasteiger partial charge on any atom is 0.274 e. The lowest BCUT2D eigenvalue weighted by atomic mass is 10.0. The van der Waals surface area contributed by atoms with Crippen LogP contribution in [-0.2, 0) is 17.8 Å². The third kappa shape index (κ3) is 3.83. The van der Waals surface area contributed by atoms with E-state index in [1.807, 2.05) is 42.5 Å². The highest BCUT2D eigenvalue weighted by molar-refractivity contribution is 5.85. The summed E-state index contributed by atoms with van der Waals surface area (Å²) in [5.74, 6) is -0.0755. The molecule has 3 rings (SSSR count). The minimum absolute atomic E-state index is 0.0351. The Labute approximate surface area is 145 Å². The molecule has 0 heterocycles. The Hall–Kier alpha value is -3.21. The van der Waals surface area contributed by atoms with E-state index in [-0.39, 0.29) is 24.6 Å². The Morgan fingerprint density at radius 3 is 2.44 bits per heavy atom. The Balaban J connectivity index is 1.73. The zero-order valence-corrected chi connectivity index (χ0v) is 13.9. The van der Waals surface area contributed by atoms with Gasteiger partial charge in [0, 0.05) is 18.7 Å². The highest BCUT2D eigenvalue weighted by Crippen LogP contribution is 2.20. The number of carbonyl (C=O) groups excluding carboxylic acids is 1. The predicted octanol–water partition coefficient (Wildman–Crippen LogP) is 3.95. The second-order valence-electron chi connectivity index (χ2n) is 5.99. The molecule has 0 aliphatic heterocycles. The molecule has 0 aliphatic rings. The smallest absolute Gasteiger partial charge is 0.274 e. The van der Waals surface area contributed by atoms with Crippen LogP contribution in [0.3, 0.4) is 0 Å². The van der Waals surface area contributed by atoms with Crippen LogP contribution in [0.15, 0.2) is 66.7 Å². The number of likely N-dealkylation sites (N-methyl/N-ethyl adjacent to an activating group) is 1. The summed E-state index contributed by atoms with van der Waals surface area (Å²) in [7, 11) is 1.67. The number of hydrogen-bond acceptors (Lipinski definition) is 3. The summed E-state index contributed by atoms with van der Waals surface area (Å²) in [6, 6.07) is 20.4. The highest BCUT2D eigenvalue weighted by Gasteiger charge is 2.17. The summed E-state index contributed by atoms with van der Waals surface area (Å²) in [6.45, 7) is 0.212. The summed E-state index contributed by atoms with van der Waals surface area (Å²) < 4.78 is 0. The van der Waals surface area contributed by atoms with Gasteiger partial charge in [-0.3, -0.25) is 14.9 Å². The molecule has 0 radical (unpaired) electrons. The standard InChI is InChI=1S/C20H18N2O3/c1-21(14-18-8-4-5-9-19(18)22(24)25)20(23)13-15-10-11-16-6-2-3-7-17(16)12-15/h2-12H,13-14H2,1H3. The average molecular weight is 334 g/mol. The van der Waals surface area contributed by atoms with Gasteiger partial charge in [0.05, 0.1) is 17.9 Å². The van der Waals surface area contributed by atoms with Gasteiger partial charge in [0.2, 0.25) is 5.91 Å². The second kappa shape index (κ2) is 7.13. The Morgan fingerprint density at radius 1 is 1.00 bits per heavy atom. The van der Waals surface area contributed by atoms with E-state index in [4.69, 9.17) is 0 Å². The number of benzene rings is 3. The van der Waals surface area contributed by atoms with Crippen LogP contribution in [0.25, 0.3) is 10.8 Å². The van der Waals surface area contributed by atoms with Crippen molar-refractivity contribution >= 4 is 22.4 Å². The molecule has 0 N–H and O–H groups in total. The van der Waals surface area contributed by atoms with Gasteiger partial charge in [0.15, 0.2) is 0 Å². The van der Waals surface area contributed by atoms with Crippen molar-refractivity contribution in [3.05, 3.63) is 88.0 Å². The molecule has 3 aromatic carbocycles. The molecule has 126 valence electrons. The van der Waals surface area contributed by atoms with Crippen LogP contribution in [0.2, 0.25) is 0 Å². The van der Waals surface area contributed by atoms with E-state index in [0.717, 1.165) is 16.3 Å². The van der Waals surface area contributed by atoms with E-state index in [1.165, 1.54) is 11.0 Å². The summed E-state index contributed by atoms with van der Waals surface area (Å²) in [4.78, 5) is 24.7. The molecule has 1 amide bonds. The molecule has 25 heavy (non-hydrogen) atoms. The molecule has 0 saturated heterocycles. The van der Waals surface area contributed by atoms with Crippen LogP contribution in [-0.4, -0.2) is 22.8 Å². The number of amides is 1. The zero-order valence-electron chi connectivity index (χ0n) is 13.9. The van der Waals surface area contributed by atoms with Crippen molar-refractivity contribution in [3.63, 3.8) is 0 Å². The van der Waals surface area contributed by atoms with Gasteiger partial charge in [-0.05, 0) is 16.3 Å². The molecule has 5 nitrogen and oxygen atoms in total. The molecule has 0 unspecified atom stereocenters. The van der Waals surface area contributed by atoms with Gasteiger partial charge < -0.3 is 4.90 Å². The van der Waals surface area contributed by atoms with E-state index < -0.39 is 4.92 Å². The van der Waals surface area contributed by atoms with Gasteiger partial charge in [0.25, 0.3) is 5.69 Å². The molecule has 0 bridgehead atoms. The van der Waals surface area contributed by atoms with Gasteiger partial charge in [-0.2, -0.15) is 0 Å². The number of nitro groups is 1. The molecule has 0 aromatic heterocycles. The van der Waals surface area contributed by atoms with Crippen LogP contribution >= 0.6 is 0 Å². The number of para-hydroxylation sites is 1. The van der Waals surface area contributed by atoms with Gasteiger partial charge in [-0.15, -0.1) is 0 Å². The lowest BCUT2D eigenvalue weighted by molar-refractivity contribution is -0.385. The van der Waals surface area contributed by atoms with Gasteiger partial charge in [0.1, 0.15) is 0 Å². The fraction of sp³-hybridized carbons (Fsp3) is 0.150. The molecular formula is C20H18N2O3. The van der Waals surface area contributed by atoms with Crippen molar-refractivity contribution < 1.29 is 9.72 Å². The van der Waals surface area contributed by atoms with Crippen molar-refractivity contribution in [1.82, 2.24) is 4.90 Å². The summed E-state index contributed by atoms with van der Waals surface area (Å²) in [6.07, 6.45) is 0.266. The number of hydrogen-bond donors (Lipinski definition) is 0. The molecule has 0 spiro atoms. The van der Waals surface area contributed by atoms with Gasteiger partial charge in [-0.1, -0.05) is 60.7 Å². The Morgan fingerprint density at radius 2 is 1.68 bits per heavy atom. The van der Waals surface area contributed by atoms with Crippen LogP contribution in [0.4, 0.5) is 5.69 Å². The molecule has 0 saturated carbocycles. The van der Waals surface area contributed by atoms with Crippen molar-refractivity contribution in [1.29, 1.82) is 0 Å². The normalized spacial score (nSPS) is 10.6. The van der Waals surface area contributed by atoms with E-state index in [2.05, 4.69) is 0 Å². The summed E-state index contributed by atoms with van der Waals surface area (Å²) in [5.41, 5.74) is 1.49. The fourth-order valence-electron chi connectivity index (χ4n) is 2.82. The number of nitrogens with zero attached hydrogens (tertiary/aromatic N) is 2. The first kappa shape index (κ1) is 16.6. The van der Waals surface area contributed by atoms with Crippen LogP contribution in [0.5, 0.6) is 0 Å². The zero-order chi connectivity index (χ0) is 17.8. The number of carbonyl (C=O) groups is 1. The van der Waals surface area contributed by atoms with Crippen molar-refractivity contribution in [3.8, 4) is 0 Å². The Kier molecular flexibility index (Phi) is 4.75. The molecular weight excluding hydrogens is 316 g/mol. The monoisotopic (exact) mass is 334 g/mol. The maximum atomic E-state index is 12.5. The first-order valence-corrected chi connectivity index (χ1v) is 7.98. The topological polar surface area (TPSA) is 63.4 Å². The van der Waals surface area contributed by atoms with E-state index >= 15 is 0 Å². The minimum atomic E-state index is -0.420. The summed E-state index contributed by atoms with van der Waals surface area (Å²) in [5, 5.41) is 13.3. The lowest BCUT2D eigenvalue weighted by Gasteiger charge is -2.17. The molecule has 0 fully saturated rings. The quantitative estimate of drug-likeness (QED) is 0.524. The Bertz CT molecular complexity index is 937. The maximum absolute atomic E-state index is 12.5. The first-order chi connectivity index (χ1) is 12.0. The summed E-state index contributed by atoms with van der Waals surface area (Å²) >= 11 is 0. The minimum Gasteiger partial charge on any atom is -0.341 e. The molecule has 5 heteroatoms. The largest absolute Gasteiger partial charge is 0.341 e. The van der Waals surface area contributed by atoms with E-state index in [1.54, 1.807) is 25.2 Å². The van der Waals surface area contributed by atoms with Crippen molar-refractivity contribution in [2.75, 3.05) is 7.05 Å². The van der Waals surface area contributed by atoms with E-state index in [9.17, 15) is 14.9 Å². The molecule has 0 atom stereocenters. The van der Waals surface area contributed by atoms with Crippen LogP contribution in [0, 0.1) is 10.1 Å². The van der Waals surface area contributed by atoms with Gasteiger partial charge in [-0.25, -0.2) is 0 Å². The average Bonchev–Trinajstić information content (AvgIpc) is 2.61. The van der Waals surface area contributed by atoms with E-state index in [0.29, 0.717) is 5.56 Å². The SMILES string of the molecule is CN(Cc1ccccc1[N+](=O)[O-])C(=O)Cc1ccc2ccccc2c1. The van der Waals surface area contributed by atoms with Crippen LogP contribution < -0.4 is 0 Å². The first-order valence-electron chi connectivity index (χ1n) is 7.98. The third-order valence-electron chi connectivity index (χ3n) is 4.19. The number of nitro benzene ring substituents is 1. The predicted molar refractivity (Wildman–Crippen MR) is 97.2 cm³/mol. The highest BCUT2D eigenvalue weighted by atomic mass is 16.6. The molecule has 3 aromatic rings. The lowest BCUT2D eigenvalue weighted by Crippen LogP contribution is -2.28. The van der Waals surface area contributed by atoms with Gasteiger partial charge >= 0.3 is 0 Å². The van der Waals surface area contributed by atoms with Crippen molar-refractivity contribution in [2.24, 2.45) is 0 Å². The molecule has 0 aliphatic carbocycles.